The van der Waals surface area contributed by atoms with Crippen LogP contribution in [-0.4, -0.2) is 14.9 Å². The van der Waals surface area contributed by atoms with Crippen LogP contribution in [0.3, 0.4) is 0 Å². The Bertz CT molecular complexity index is 625. The molecule has 0 aliphatic rings. The number of hydrazine groups is 1. The van der Waals surface area contributed by atoms with Gasteiger partial charge in [0.1, 0.15) is 6.20 Å². The van der Waals surface area contributed by atoms with Crippen molar-refractivity contribution in [2.75, 3.05) is 5.43 Å². The van der Waals surface area contributed by atoms with Crippen LogP contribution in [0.5, 0.6) is 0 Å². The molecule has 19 heavy (non-hydrogen) atoms. The van der Waals surface area contributed by atoms with Crippen molar-refractivity contribution in [3.8, 4) is 0 Å². The molecule has 3 N–H and O–H groups in total. The van der Waals surface area contributed by atoms with Crippen molar-refractivity contribution in [2.24, 2.45) is 5.84 Å². The molecule has 98 valence electrons. The predicted molar refractivity (Wildman–Crippen MR) is 72.1 cm³/mol. The summed E-state index contributed by atoms with van der Waals surface area (Å²) in [4.78, 5) is 18.8. The lowest BCUT2D eigenvalue weighted by molar-refractivity contribution is -0.388. The highest BCUT2D eigenvalue weighted by Gasteiger charge is 2.18. The third-order valence-electron chi connectivity index (χ3n) is 2.07. The summed E-state index contributed by atoms with van der Waals surface area (Å²) in [6, 6.07) is 6.93. The van der Waals surface area contributed by atoms with E-state index in [0.29, 0.717) is 5.02 Å². The van der Waals surface area contributed by atoms with Gasteiger partial charge in [0.15, 0.2) is 5.03 Å². The SMILES string of the molecule is NNc1ncc([N+](=O)[O-])c(Sc2cccc(Cl)c2)n1. The van der Waals surface area contributed by atoms with Gasteiger partial charge in [0.2, 0.25) is 5.95 Å². The van der Waals surface area contributed by atoms with E-state index < -0.39 is 4.92 Å². The van der Waals surface area contributed by atoms with Gasteiger partial charge in [0, 0.05) is 9.92 Å². The van der Waals surface area contributed by atoms with Gasteiger partial charge in [0.05, 0.1) is 4.92 Å². The normalized spacial score (nSPS) is 10.2. The molecule has 0 aliphatic heterocycles. The molecule has 0 saturated heterocycles. The van der Waals surface area contributed by atoms with Crippen molar-refractivity contribution < 1.29 is 4.92 Å². The number of hydrogen-bond donors (Lipinski definition) is 2. The lowest BCUT2D eigenvalue weighted by Gasteiger charge is -2.04. The maximum atomic E-state index is 10.9. The zero-order valence-corrected chi connectivity index (χ0v) is 11.0. The van der Waals surface area contributed by atoms with Gasteiger partial charge in [-0.25, -0.2) is 10.8 Å². The van der Waals surface area contributed by atoms with E-state index in [1.54, 1.807) is 24.3 Å². The summed E-state index contributed by atoms with van der Waals surface area (Å²) in [5.74, 6) is 5.29. The van der Waals surface area contributed by atoms with Gasteiger partial charge in [-0.3, -0.25) is 15.5 Å². The van der Waals surface area contributed by atoms with Crippen molar-refractivity contribution in [1.82, 2.24) is 9.97 Å². The van der Waals surface area contributed by atoms with E-state index in [0.717, 1.165) is 22.9 Å². The Morgan fingerprint density at radius 3 is 2.89 bits per heavy atom. The quantitative estimate of drug-likeness (QED) is 0.386. The molecule has 0 aliphatic carbocycles. The van der Waals surface area contributed by atoms with Crippen molar-refractivity contribution in [2.45, 2.75) is 9.92 Å². The highest BCUT2D eigenvalue weighted by atomic mass is 35.5. The molecule has 0 atom stereocenters. The van der Waals surface area contributed by atoms with Gasteiger partial charge in [-0.1, -0.05) is 29.4 Å². The van der Waals surface area contributed by atoms with Crippen molar-refractivity contribution in [3.05, 3.63) is 45.6 Å². The highest BCUT2D eigenvalue weighted by Crippen LogP contribution is 2.34. The average molecular weight is 298 g/mol. The van der Waals surface area contributed by atoms with E-state index in [1.807, 2.05) is 0 Å². The van der Waals surface area contributed by atoms with Gasteiger partial charge in [-0.2, -0.15) is 4.98 Å². The molecule has 0 spiro atoms. The fraction of sp³-hybridized carbons (Fsp3) is 0. The van der Waals surface area contributed by atoms with Crippen LogP contribution < -0.4 is 11.3 Å². The van der Waals surface area contributed by atoms with Crippen molar-refractivity contribution in [1.29, 1.82) is 0 Å². The number of benzene rings is 1. The number of nitrogens with two attached hydrogens (primary N) is 1. The van der Waals surface area contributed by atoms with E-state index in [9.17, 15) is 10.1 Å². The van der Waals surface area contributed by atoms with Crippen LogP contribution in [0, 0.1) is 10.1 Å². The fourth-order valence-electron chi connectivity index (χ4n) is 1.27. The smallest absolute Gasteiger partial charge is 0.292 e. The second-order valence-electron chi connectivity index (χ2n) is 3.34. The zero-order valence-electron chi connectivity index (χ0n) is 9.41. The molecule has 2 rings (SSSR count). The Labute approximate surface area is 117 Å². The molecule has 0 bridgehead atoms. The maximum Gasteiger partial charge on any atom is 0.320 e. The molecule has 1 heterocycles. The first-order chi connectivity index (χ1) is 9.10. The molecule has 0 amide bonds. The number of anilines is 1. The van der Waals surface area contributed by atoms with Crippen LogP contribution in [0.25, 0.3) is 0 Å². The van der Waals surface area contributed by atoms with E-state index in [-0.39, 0.29) is 16.7 Å². The number of nitrogens with one attached hydrogen (secondary N) is 1. The van der Waals surface area contributed by atoms with Gasteiger partial charge in [-0.05, 0) is 18.2 Å². The van der Waals surface area contributed by atoms with Crippen LogP contribution >= 0.6 is 23.4 Å². The predicted octanol–water partition coefficient (Wildman–Crippen LogP) is 2.48. The molecular weight excluding hydrogens is 290 g/mol. The first kappa shape index (κ1) is 13.5. The van der Waals surface area contributed by atoms with Gasteiger partial charge >= 0.3 is 5.69 Å². The van der Waals surface area contributed by atoms with E-state index in [2.05, 4.69) is 15.4 Å². The Morgan fingerprint density at radius 2 is 2.26 bits per heavy atom. The fourth-order valence-corrected chi connectivity index (χ4v) is 2.45. The summed E-state index contributed by atoms with van der Waals surface area (Å²) in [6.07, 6.45) is 1.11. The number of hydrogen-bond acceptors (Lipinski definition) is 7. The highest BCUT2D eigenvalue weighted by molar-refractivity contribution is 7.99. The van der Waals surface area contributed by atoms with E-state index in [4.69, 9.17) is 17.4 Å². The number of nitro groups is 1. The van der Waals surface area contributed by atoms with E-state index >= 15 is 0 Å². The average Bonchev–Trinajstić information content (AvgIpc) is 2.38. The Balaban J connectivity index is 2.39. The summed E-state index contributed by atoms with van der Waals surface area (Å²) in [5.41, 5.74) is 2.06. The summed E-state index contributed by atoms with van der Waals surface area (Å²) >= 11 is 6.97. The minimum Gasteiger partial charge on any atom is -0.292 e. The Kier molecular flexibility index (Phi) is 4.15. The zero-order chi connectivity index (χ0) is 13.8. The lowest BCUT2D eigenvalue weighted by Crippen LogP contribution is -2.11. The number of rotatable bonds is 4. The van der Waals surface area contributed by atoms with Crippen LogP contribution in [0.4, 0.5) is 11.6 Å². The summed E-state index contributed by atoms with van der Waals surface area (Å²) in [6.45, 7) is 0. The minimum atomic E-state index is -0.548. The number of nitrogen functional groups attached to an aromatic ring is 1. The first-order valence-electron chi connectivity index (χ1n) is 5.01. The van der Waals surface area contributed by atoms with Crippen LogP contribution in [0.15, 0.2) is 40.4 Å². The molecule has 1 aromatic heterocycles. The standard InChI is InChI=1S/C10H8ClN5O2S/c11-6-2-1-3-7(4-6)19-9-8(16(17)18)5-13-10(14-9)15-12/h1-5H,12H2,(H,13,14,15). The second-order valence-corrected chi connectivity index (χ2v) is 4.84. The van der Waals surface area contributed by atoms with Gasteiger partial charge in [-0.15, -0.1) is 0 Å². The monoisotopic (exact) mass is 297 g/mol. The number of nitrogens with zero attached hydrogens (tertiary/aromatic N) is 3. The summed E-state index contributed by atoms with van der Waals surface area (Å²) in [5, 5.41) is 11.6. The number of aromatic nitrogens is 2. The summed E-state index contributed by atoms with van der Waals surface area (Å²) in [7, 11) is 0. The van der Waals surface area contributed by atoms with Crippen LogP contribution in [-0.2, 0) is 0 Å². The van der Waals surface area contributed by atoms with E-state index in [1.165, 1.54) is 0 Å². The molecule has 9 heteroatoms. The molecule has 1 aromatic carbocycles. The molecule has 0 fully saturated rings. The molecule has 0 radical (unpaired) electrons. The van der Waals surface area contributed by atoms with Gasteiger partial charge in [0.25, 0.3) is 0 Å². The second kappa shape index (κ2) is 5.83. The molecule has 0 saturated carbocycles. The number of halogens is 1. The minimum absolute atomic E-state index is 0.107. The molecule has 7 nitrogen and oxygen atoms in total. The van der Waals surface area contributed by atoms with Crippen molar-refractivity contribution >= 4 is 35.0 Å². The Hall–Kier alpha value is -1.90. The molecular formula is C10H8ClN5O2S. The maximum absolute atomic E-state index is 10.9. The van der Waals surface area contributed by atoms with Crippen molar-refractivity contribution in [3.63, 3.8) is 0 Å². The summed E-state index contributed by atoms with van der Waals surface area (Å²) < 4.78 is 0. The largest absolute Gasteiger partial charge is 0.320 e. The topological polar surface area (TPSA) is 107 Å². The lowest BCUT2D eigenvalue weighted by atomic mass is 10.4. The van der Waals surface area contributed by atoms with Crippen LogP contribution in [0.1, 0.15) is 0 Å². The first-order valence-corrected chi connectivity index (χ1v) is 6.21. The molecule has 0 unspecified atom stereocenters. The van der Waals surface area contributed by atoms with Gasteiger partial charge < -0.3 is 0 Å². The molecule has 2 aromatic rings. The third kappa shape index (κ3) is 3.31. The van der Waals surface area contributed by atoms with Crippen LogP contribution in [0.2, 0.25) is 5.02 Å². The third-order valence-corrected chi connectivity index (χ3v) is 3.29. The Morgan fingerprint density at radius 1 is 1.47 bits per heavy atom.